The third-order valence-corrected chi connectivity index (χ3v) is 3.07. The number of rotatable bonds is 4. The van der Waals surface area contributed by atoms with Gasteiger partial charge in [-0.2, -0.15) is 0 Å². The number of hydrogen-bond acceptors (Lipinski definition) is 5. The third-order valence-electron chi connectivity index (χ3n) is 3.07. The van der Waals surface area contributed by atoms with Crippen LogP contribution in [0.3, 0.4) is 0 Å². The van der Waals surface area contributed by atoms with Crippen molar-refractivity contribution in [3.63, 3.8) is 0 Å². The Balaban J connectivity index is 1.96. The van der Waals surface area contributed by atoms with E-state index in [1.54, 1.807) is 0 Å². The summed E-state index contributed by atoms with van der Waals surface area (Å²) in [6.07, 6.45) is -0.794. The van der Waals surface area contributed by atoms with Gasteiger partial charge in [0.2, 0.25) is 0 Å². The van der Waals surface area contributed by atoms with Crippen molar-refractivity contribution in [1.29, 1.82) is 0 Å². The van der Waals surface area contributed by atoms with Crippen LogP contribution in [0.2, 0.25) is 0 Å². The average Bonchev–Trinajstić information content (AvgIpc) is 2.55. The summed E-state index contributed by atoms with van der Waals surface area (Å²) in [5.74, 6) is -0.857. The monoisotopic (exact) mass is 314 g/mol. The first-order chi connectivity index (χ1) is 11.0. The minimum Gasteiger partial charge on any atom is -0.372 e. The SMILES string of the molecule is CN(Cc1ccccc1)C(=O)OC(=O)c1ccc([N+](=O)[O-])cc1. The number of benzene rings is 2. The molecule has 0 aliphatic rings. The third kappa shape index (κ3) is 4.37. The molecule has 0 fully saturated rings. The largest absolute Gasteiger partial charge is 0.417 e. The van der Waals surface area contributed by atoms with Gasteiger partial charge >= 0.3 is 12.1 Å². The number of carbonyl (C=O) groups is 2. The second-order valence-corrected chi connectivity index (χ2v) is 4.80. The Morgan fingerprint density at radius 3 is 2.26 bits per heavy atom. The van der Waals surface area contributed by atoms with Crippen molar-refractivity contribution in [1.82, 2.24) is 4.90 Å². The summed E-state index contributed by atoms with van der Waals surface area (Å²) in [6.45, 7) is 0.299. The van der Waals surface area contributed by atoms with Gasteiger partial charge in [0.05, 0.1) is 10.5 Å². The van der Waals surface area contributed by atoms with E-state index in [4.69, 9.17) is 4.74 Å². The summed E-state index contributed by atoms with van der Waals surface area (Å²) in [5, 5.41) is 10.6. The topological polar surface area (TPSA) is 89.8 Å². The van der Waals surface area contributed by atoms with E-state index in [0.29, 0.717) is 6.54 Å². The van der Waals surface area contributed by atoms with Gasteiger partial charge in [0.1, 0.15) is 0 Å². The molecular weight excluding hydrogens is 300 g/mol. The number of carbonyl (C=O) groups excluding carboxylic acids is 2. The van der Waals surface area contributed by atoms with E-state index in [1.807, 2.05) is 30.3 Å². The number of esters is 1. The Labute approximate surface area is 132 Å². The number of nitro groups is 1. The number of nitro benzene ring substituents is 1. The van der Waals surface area contributed by atoms with Gasteiger partial charge in [0.15, 0.2) is 0 Å². The predicted molar refractivity (Wildman–Crippen MR) is 81.8 cm³/mol. The fourth-order valence-corrected chi connectivity index (χ4v) is 1.86. The number of hydrogen-bond donors (Lipinski definition) is 0. The molecule has 2 aromatic carbocycles. The molecule has 0 aromatic heterocycles. The van der Waals surface area contributed by atoms with Gasteiger partial charge in [-0.25, -0.2) is 9.59 Å². The van der Waals surface area contributed by atoms with Crippen molar-refractivity contribution >= 4 is 17.7 Å². The molecular formula is C16H14N2O5. The van der Waals surface area contributed by atoms with Gasteiger partial charge in [0, 0.05) is 25.7 Å². The molecule has 0 radical (unpaired) electrons. The molecule has 0 bridgehead atoms. The minimum atomic E-state index is -0.857. The highest BCUT2D eigenvalue weighted by molar-refractivity contribution is 5.96. The zero-order valence-electron chi connectivity index (χ0n) is 12.3. The normalized spacial score (nSPS) is 9.96. The van der Waals surface area contributed by atoms with Gasteiger partial charge in [-0.1, -0.05) is 30.3 Å². The summed E-state index contributed by atoms with van der Waals surface area (Å²) in [6, 6.07) is 14.1. The molecule has 0 saturated heterocycles. The van der Waals surface area contributed by atoms with E-state index in [2.05, 4.69) is 0 Å². The van der Waals surface area contributed by atoms with Gasteiger partial charge in [0.25, 0.3) is 5.69 Å². The molecule has 7 nitrogen and oxygen atoms in total. The summed E-state index contributed by atoms with van der Waals surface area (Å²) in [7, 11) is 1.51. The van der Waals surface area contributed by atoms with E-state index >= 15 is 0 Å². The molecule has 2 rings (SSSR count). The molecule has 7 heteroatoms. The average molecular weight is 314 g/mol. The van der Waals surface area contributed by atoms with Crippen molar-refractivity contribution in [3.8, 4) is 0 Å². The molecule has 0 saturated carbocycles. The van der Waals surface area contributed by atoms with Crippen molar-refractivity contribution < 1.29 is 19.2 Å². The fraction of sp³-hybridized carbons (Fsp3) is 0.125. The van der Waals surface area contributed by atoms with Gasteiger partial charge in [-0.3, -0.25) is 10.1 Å². The van der Waals surface area contributed by atoms with E-state index in [9.17, 15) is 19.7 Å². The second kappa shape index (κ2) is 7.17. The maximum Gasteiger partial charge on any atom is 0.417 e. The van der Waals surface area contributed by atoms with E-state index in [0.717, 1.165) is 5.56 Å². The number of nitrogens with zero attached hydrogens (tertiary/aromatic N) is 2. The number of non-ortho nitro benzene ring substituents is 1. The molecule has 118 valence electrons. The lowest BCUT2D eigenvalue weighted by molar-refractivity contribution is -0.384. The van der Waals surface area contributed by atoms with Crippen LogP contribution < -0.4 is 0 Å². The molecule has 0 unspecified atom stereocenters. The Kier molecular flexibility index (Phi) is 5.03. The van der Waals surface area contributed by atoms with Crippen LogP contribution in [-0.4, -0.2) is 28.9 Å². The highest BCUT2D eigenvalue weighted by Gasteiger charge is 2.18. The Bertz CT molecular complexity index is 713. The molecule has 0 spiro atoms. The van der Waals surface area contributed by atoms with E-state index in [-0.39, 0.29) is 11.3 Å². The van der Waals surface area contributed by atoms with Crippen molar-refractivity contribution in [3.05, 3.63) is 75.8 Å². The quantitative estimate of drug-likeness (QED) is 0.374. The van der Waals surface area contributed by atoms with Crippen LogP contribution in [0.15, 0.2) is 54.6 Å². The molecule has 23 heavy (non-hydrogen) atoms. The van der Waals surface area contributed by atoms with Gasteiger partial charge in [-0.05, 0) is 17.7 Å². The highest BCUT2D eigenvalue weighted by Crippen LogP contribution is 2.13. The van der Waals surface area contributed by atoms with Crippen molar-refractivity contribution in [2.75, 3.05) is 7.05 Å². The van der Waals surface area contributed by atoms with E-state index < -0.39 is 17.0 Å². The molecule has 2 aromatic rings. The highest BCUT2D eigenvalue weighted by atomic mass is 16.6. The first kappa shape index (κ1) is 16.2. The standard InChI is InChI=1S/C16H14N2O5/c1-17(11-12-5-3-2-4-6-12)16(20)23-15(19)13-7-9-14(10-8-13)18(21)22/h2-10H,11H2,1H3. The smallest absolute Gasteiger partial charge is 0.372 e. The molecule has 0 N–H and O–H groups in total. The predicted octanol–water partition coefficient (Wildman–Crippen LogP) is 3.00. The van der Waals surface area contributed by atoms with Gasteiger partial charge < -0.3 is 9.64 Å². The molecule has 0 heterocycles. The molecule has 1 amide bonds. The molecule has 0 atom stereocenters. The molecule has 0 aliphatic carbocycles. The lowest BCUT2D eigenvalue weighted by Gasteiger charge is -2.16. The maximum absolute atomic E-state index is 11.9. The van der Waals surface area contributed by atoms with Crippen LogP contribution in [-0.2, 0) is 11.3 Å². The summed E-state index contributed by atoms with van der Waals surface area (Å²) >= 11 is 0. The van der Waals surface area contributed by atoms with Crippen molar-refractivity contribution in [2.45, 2.75) is 6.54 Å². The zero-order valence-corrected chi connectivity index (χ0v) is 12.3. The lowest BCUT2D eigenvalue weighted by Crippen LogP contribution is -2.29. The maximum atomic E-state index is 11.9. The van der Waals surface area contributed by atoms with E-state index in [1.165, 1.54) is 36.2 Å². The molecule has 0 aliphatic heterocycles. The Morgan fingerprint density at radius 2 is 1.70 bits per heavy atom. The van der Waals surface area contributed by atoms with Crippen molar-refractivity contribution in [2.24, 2.45) is 0 Å². The van der Waals surface area contributed by atoms with Crippen LogP contribution in [0.4, 0.5) is 10.5 Å². The van der Waals surface area contributed by atoms with Crippen LogP contribution in [0.25, 0.3) is 0 Å². The summed E-state index contributed by atoms with van der Waals surface area (Å²) in [5.41, 5.74) is 0.820. The number of amides is 1. The van der Waals surface area contributed by atoms with Crippen LogP contribution >= 0.6 is 0 Å². The summed E-state index contributed by atoms with van der Waals surface area (Å²) < 4.78 is 4.75. The Morgan fingerprint density at radius 1 is 1.09 bits per heavy atom. The summed E-state index contributed by atoms with van der Waals surface area (Å²) in [4.78, 5) is 35.0. The second-order valence-electron chi connectivity index (χ2n) is 4.80. The lowest BCUT2D eigenvalue weighted by atomic mass is 10.2. The van der Waals surface area contributed by atoms with Crippen LogP contribution in [0.1, 0.15) is 15.9 Å². The first-order valence-corrected chi connectivity index (χ1v) is 6.73. The first-order valence-electron chi connectivity index (χ1n) is 6.73. The van der Waals surface area contributed by atoms with Crippen LogP contribution in [0, 0.1) is 10.1 Å². The minimum absolute atomic E-state index is 0.0667. The van der Waals surface area contributed by atoms with Crippen LogP contribution in [0.5, 0.6) is 0 Å². The Hall–Kier alpha value is -3.22. The fourth-order valence-electron chi connectivity index (χ4n) is 1.86. The number of ether oxygens (including phenoxy) is 1. The van der Waals surface area contributed by atoms with Gasteiger partial charge in [-0.15, -0.1) is 0 Å². The zero-order chi connectivity index (χ0) is 16.8.